The molecule has 2 aromatic rings. The van der Waals surface area contributed by atoms with Crippen LogP contribution in [0, 0.1) is 24.4 Å². The van der Waals surface area contributed by atoms with E-state index < -0.39 is 28.8 Å². The van der Waals surface area contributed by atoms with E-state index >= 15 is 0 Å². The molecule has 0 aliphatic heterocycles. The summed E-state index contributed by atoms with van der Waals surface area (Å²) in [5.41, 5.74) is 4.97. The fourth-order valence-corrected chi connectivity index (χ4v) is 1.69. The van der Waals surface area contributed by atoms with Gasteiger partial charge < -0.3 is 5.73 Å². The molecule has 0 spiro atoms. The van der Waals surface area contributed by atoms with Crippen molar-refractivity contribution in [1.29, 1.82) is 0 Å². The smallest absolute Gasteiger partial charge is 0.198 e. The monoisotopic (exact) mass is 265 g/mol. The molecule has 0 unspecified atom stereocenters. The van der Waals surface area contributed by atoms with E-state index in [0.29, 0.717) is 0 Å². The number of benzene rings is 2. The lowest BCUT2D eigenvalue weighted by molar-refractivity contribution is 0.103. The van der Waals surface area contributed by atoms with Crippen molar-refractivity contribution < 1.29 is 18.0 Å². The van der Waals surface area contributed by atoms with Gasteiger partial charge in [-0.1, -0.05) is 6.07 Å². The molecule has 0 heterocycles. The van der Waals surface area contributed by atoms with Gasteiger partial charge in [0.1, 0.15) is 5.82 Å². The Bertz CT molecular complexity index is 668. The highest BCUT2D eigenvalue weighted by Crippen LogP contribution is 2.22. The zero-order chi connectivity index (χ0) is 14.2. The topological polar surface area (TPSA) is 43.1 Å². The third-order valence-electron chi connectivity index (χ3n) is 2.78. The van der Waals surface area contributed by atoms with Crippen LogP contribution in [0.15, 0.2) is 30.3 Å². The van der Waals surface area contributed by atoms with Crippen molar-refractivity contribution in [2.45, 2.75) is 6.92 Å². The predicted octanol–water partition coefficient (Wildman–Crippen LogP) is 3.23. The molecule has 98 valence electrons. The van der Waals surface area contributed by atoms with E-state index in [-0.39, 0.29) is 16.8 Å². The number of aryl methyl sites for hydroxylation is 1. The minimum atomic E-state index is -1.26. The van der Waals surface area contributed by atoms with E-state index in [4.69, 9.17) is 5.73 Å². The van der Waals surface area contributed by atoms with Crippen molar-refractivity contribution in [3.8, 4) is 0 Å². The van der Waals surface area contributed by atoms with E-state index in [9.17, 15) is 18.0 Å². The van der Waals surface area contributed by atoms with Crippen molar-refractivity contribution in [2.24, 2.45) is 0 Å². The van der Waals surface area contributed by atoms with Gasteiger partial charge in [-0.05, 0) is 36.8 Å². The van der Waals surface area contributed by atoms with E-state index in [1.54, 1.807) is 0 Å². The van der Waals surface area contributed by atoms with E-state index in [1.165, 1.54) is 19.1 Å². The maximum atomic E-state index is 13.7. The number of rotatable bonds is 2. The first-order chi connectivity index (χ1) is 8.91. The minimum absolute atomic E-state index is 0.00628. The first-order valence-electron chi connectivity index (χ1n) is 5.46. The lowest BCUT2D eigenvalue weighted by Gasteiger charge is -2.07. The predicted molar refractivity (Wildman–Crippen MR) is 65.3 cm³/mol. The molecule has 19 heavy (non-hydrogen) atoms. The van der Waals surface area contributed by atoms with Gasteiger partial charge in [0.2, 0.25) is 0 Å². The number of halogens is 3. The van der Waals surface area contributed by atoms with Gasteiger partial charge in [0.15, 0.2) is 17.4 Å². The van der Waals surface area contributed by atoms with Crippen LogP contribution in [0.2, 0.25) is 0 Å². The van der Waals surface area contributed by atoms with E-state index in [2.05, 4.69) is 0 Å². The number of anilines is 1. The average molecular weight is 265 g/mol. The molecule has 0 aromatic heterocycles. The maximum absolute atomic E-state index is 13.7. The number of hydrogen-bond acceptors (Lipinski definition) is 2. The normalized spacial score (nSPS) is 10.5. The Hall–Kier alpha value is -2.30. The van der Waals surface area contributed by atoms with E-state index in [1.807, 2.05) is 0 Å². The molecule has 0 amide bonds. The second-order valence-electron chi connectivity index (χ2n) is 4.12. The third kappa shape index (κ3) is 2.31. The van der Waals surface area contributed by atoms with Crippen LogP contribution < -0.4 is 5.73 Å². The van der Waals surface area contributed by atoms with Gasteiger partial charge in [-0.25, -0.2) is 13.2 Å². The number of nitrogen functional groups attached to an aromatic ring is 1. The zero-order valence-corrected chi connectivity index (χ0v) is 10.0. The molecule has 0 bridgehead atoms. The first-order valence-corrected chi connectivity index (χ1v) is 5.46. The molecule has 0 saturated carbocycles. The summed E-state index contributed by atoms with van der Waals surface area (Å²) in [4.78, 5) is 12.1. The summed E-state index contributed by atoms with van der Waals surface area (Å²) < 4.78 is 40.2. The number of hydrogen-bond donors (Lipinski definition) is 1. The molecule has 0 aliphatic carbocycles. The van der Waals surface area contributed by atoms with Gasteiger partial charge in [-0.2, -0.15) is 0 Å². The molecule has 2 rings (SSSR count). The summed E-state index contributed by atoms with van der Waals surface area (Å²) in [7, 11) is 0. The lowest BCUT2D eigenvalue weighted by Crippen LogP contribution is -2.09. The Balaban J connectivity index is 2.56. The molecule has 0 fully saturated rings. The largest absolute Gasteiger partial charge is 0.398 e. The van der Waals surface area contributed by atoms with Crippen LogP contribution in [0.25, 0.3) is 0 Å². The van der Waals surface area contributed by atoms with Gasteiger partial charge >= 0.3 is 0 Å². The summed E-state index contributed by atoms with van der Waals surface area (Å²) in [6, 6.07) is 5.61. The summed E-state index contributed by atoms with van der Waals surface area (Å²) in [5, 5.41) is 0. The second kappa shape index (κ2) is 4.76. The quantitative estimate of drug-likeness (QED) is 0.669. The average Bonchev–Trinajstić information content (AvgIpc) is 2.38. The maximum Gasteiger partial charge on any atom is 0.198 e. The molecule has 2 N–H and O–H groups in total. The summed E-state index contributed by atoms with van der Waals surface area (Å²) in [6.07, 6.45) is 0. The highest BCUT2D eigenvalue weighted by molar-refractivity contribution is 6.12. The van der Waals surface area contributed by atoms with Gasteiger partial charge in [-0.3, -0.25) is 4.79 Å². The molecular formula is C14H10F3NO. The Morgan fingerprint density at radius 1 is 1.00 bits per heavy atom. The van der Waals surface area contributed by atoms with Gasteiger partial charge in [0.05, 0.1) is 5.56 Å². The highest BCUT2D eigenvalue weighted by Gasteiger charge is 2.20. The first kappa shape index (κ1) is 13.1. The summed E-state index contributed by atoms with van der Waals surface area (Å²) in [5.74, 6) is -3.88. The van der Waals surface area contributed by atoms with E-state index in [0.717, 1.165) is 18.2 Å². The van der Waals surface area contributed by atoms with Crippen molar-refractivity contribution in [2.75, 3.05) is 5.73 Å². The number of ketones is 1. The van der Waals surface area contributed by atoms with Crippen LogP contribution in [0.1, 0.15) is 21.5 Å². The Morgan fingerprint density at radius 2 is 1.68 bits per heavy atom. The van der Waals surface area contributed by atoms with Crippen LogP contribution >= 0.6 is 0 Å². The molecule has 2 aromatic carbocycles. The Labute approximate surface area is 107 Å². The van der Waals surface area contributed by atoms with Crippen LogP contribution in [0.4, 0.5) is 18.9 Å². The molecule has 5 heteroatoms. The van der Waals surface area contributed by atoms with Crippen molar-refractivity contribution in [3.05, 3.63) is 64.5 Å². The minimum Gasteiger partial charge on any atom is -0.398 e. The second-order valence-corrected chi connectivity index (χ2v) is 4.12. The van der Waals surface area contributed by atoms with Gasteiger partial charge in [0.25, 0.3) is 0 Å². The molecular weight excluding hydrogens is 255 g/mol. The lowest BCUT2D eigenvalue weighted by atomic mass is 10.00. The van der Waals surface area contributed by atoms with Crippen molar-refractivity contribution >= 4 is 11.5 Å². The number of carbonyl (C=O) groups excluding carboxylic acids is 1. The molecule has 0 aliphatic rings. The molecule has 0 radical (unpaired) electrons. The fourth-order valence-electron chi connectivity index (χ4n) is 1.69. The summed E-state index contributed by atoms with van der Waals surface area (Å²) in [6.45, 7) is 1.38. The van der Waals surface area contributed by atoms with Crippen molar-refractivity contribution in [3.63, 3.8) is 0 Å². The van der Waals surface area contributed by atoms with Gasteiger partial charge in [-0.15, -0.1) is 0 Å². The number of nitrogens with two attached hydrogens (primary N) is 1. The third-order valence-corrected chi connectivity index (χ3v) is 2.78. The number of carbonyl (C=O) groups is 1. The SMILES string of the molecule is Cc1ccc(C(=O)c2cc(F)ccc2N)c(F)c1F. The molecule has 0 saturated heterocycles. The standard InChI is InChI=1S/C14H10F3NO/c1-7-2-4-9(13(17)12(7)16)14(19)10-6-8(15)3-5-11(10)18/h2-6H,18H2,1H3. The highest BCUT2D eigenvalue weighted by atomic mass is 19.2. The molecule has 2 nitrogen and oxygen atoms in total. The Morgan fingerprint density at radius 3 is 2.37 bits per heavy atom. The fraction of sp³-hybridized carbons (Fsp3) is 0.0714. The van der Waals surface area contributed by atoms with Crippen molar-refractivity contribution in [1.82, 2.24) is 0 Å². The summed E-state index contributed by atoms with van der Waals surface area (Å²) >= 11 is 0. The van der Waals surface area contributed by atoms with Crippen LogP contribution in [-0.2, 0) is 0 Å². The van der Waals surface area contributed by atoms with Crippen LogP contribution in [0.3, 0.4) is 0 Å². The van der Waals surface area contributed by atoms with Crippen LogP contribution in [-0.4, -0.2) is 5.78 Å². The Kier molecular flexibility index (Phi) is 3.29. The molecule has 0 atom stereocenters. The van der Waals surface area contributed by atoms with Gasteiger partial charge in [0, 0.05) is 11.3 Å². The van der Waals surface area contributed by atoms with Crippen LogP contribution in [0.5, 0.6) is 0 Å². The zero-order valence-electron chi connectivity index (χ0n) is 10.0.